The van der Waals surface area contributed by atoms with Gasteiger partial charge in [-0.2, -0.15) is 0 Å². The molecule has 0 unspecified atom stereocenters. The summed E-state index contributed by atoms with van der Waals surface area (Å²) in [5.41, 5.74) is 0.0625. The molecule has 0 saturated heterocycles. The predicted octanol–water partition coefficient (Wildman–Crippen LogP) is 3.69. The number of nitrogens with zero attached hydrogens (tertiary/aromatic N) is 1. The van der Waals surface area contributed by atoms with Crippen LogP contribution >= 0.6 is 0 Å². The van der Waals surface area contributed by atoms with E-state index in [4.69, 9.17) is 4.74 Å². The van der Waals surface area contributed by atoms with E-state index in [2.05, 4.69) is 5.32 Å². The Kier molecular flexibility index (Phi) is 4.39. The molecule has 120 valence electrons. The highest BCUT2D eigenvalue weighted by Crippen LogP contribution is 2.36. The van der Waals surface area contributed by atoms with E-state index < -0.39 is 17.5 Å². The van der Waals surface area contributed by atoms with Gasteiger partial charge in [-0.3, -0.25) is 10.1 Å². The van der Waals surface area contributed by atoms with Crippen LogP contribution < -0.4 is 10.2 Å². The van der Waals surface area contributed by atoms with Crippen LogP contribution in [-0.4, -0.2) is 23.6 Å². The lowest BCUT2D eigenvalue weighted by Crippen LogP contribution is -2.32. The first-order chi connectivity index (χ1) is 10.2. The molecule has 0 heterocycles. The van der Waals surface area contributed by atoms with Gasteiger partial charge in [0, 0.05) is 13.0 Å². The lowest BCUT2D eigenvalue weighted by Gasteiger charge is -2.25. The summed E-state index contributed by atoms with van der Waals surface area (Å²) in [6.07, 6.45) is 1.13. The Hall–Kier alpha value is -2.11. The Bertz CT molecular complexity index is 592. The van der Waals surface area contributed by atoms with E-state index in [0.29, 0.717) is 5.69 Å². The highest BCUT2D eigenvalue weighted by atomic mass is 19.1. The third-order valence-electron chi connectivity index (χ3n) is 3.11. The summed E-state index contributed by atoms with van der Waals surface area (Å²) in [5, 5.41) is 2.53. The molecule has 1 aromatic carbocycles. The lowest BCUT2D eigenvalue weighted by atomic mass is 10.2. The highest BCUT2D eigenvalue weighted by Gasteiger charge is 2.33. The minimum absolute atomic E-state index is 0.113. The molecule has 0 bridgehead atoms. The Morgan fingerprint density at radius 1 is 1.32 bits per heavy atom. The van der Waals surface area contributed by atoms with Crippen LogP contribution in [0.2, 0.25) is 0 Å². The zero-order valence-corrected chi connectivity index (χ0v) is 13.3. The van der Waals surface area contributed by atoms with Crippen LogP contribution in [0.3, 0.4) is 0 Å². The number of anilines is 2. The SMILES string of the molecule is CC(=O)N(c1ccc(F)cc1NC(=O)OC(C)(C)C)C1CC1. The zero-order valence-electron chi connectivity index (χ0n) is 13.3. The zero-order chi connectivity index (χ0) is 16.5. The van der Waals surface area contributed by atoms with Gasteiger partial charge in [0.2, 0.25) is 5.91 Å². The van der Waals surface area contributed by atoms with Gasteiger partial charge in [0.1, 0.15) is 11.4 Å². The summed E-state index contributed by atoms with van der Waals surface area (Å²) in [6.45, 7) is 6.68. The standard InChI is InChI=1S/C16H21FN2O3/c1-10(20)19(12-6-7-12)14-8-5-11(17)9-13(14)18-15(21)22-16(2,3)4/h5,8-9,12H,6-7H2,1-4H3,(H,18,21). The average molecular weight is 308 g/mol. The van der Waals surface area contributed by atoms with Gasteiger partial charge in [-0.25, -0.2) is 9.18 Å². The van der Waals surface area contributed by atoms with E-state index in [1.54, 1.807) is 25.7 Å². The molecule has 6 heteroatoms. The minimum Gasteiger partial charge on any atom is -0.444 e. The Labute approximate surface area is 129 Å². The number of hydrogen-bond acceptors (Lipinski definition) is 3. The van der Waals surface area contributed by atoms with Crippen LogP contribution in [0, 0.1) is 5.82 Å². The maximum absolute atomic E-state index is 13.5. The van der Waals surface area contributed by atoms with E-state index in [-0.39, 0.29) is 17.6 Å². The number of nitrogens with one attached hydrogen (secondary N) is 1. The molecule has 1 N–H and O–H groups in total. The van der Waals surface area contributed by atoms with E-state index >= 15 is 0 Å². The van der Waals surface area contributed by atoms with Crippen molar-refractivity contribution in [1.29, 1.82) is 0 Å². The van der Waals surface area contributed by atoms with Gasteiger partial charge in [-0.1, -0.05) is 0 Å². The average Bonchev–Trinajstić information content (AvgIpc) is 3.13. The molecule has 2 rings (SSSR count). The van der Waals surface area contributed by atoms with E-state index in [0.717, 1.165) is 12.8 Å². The molecule has 0 aliphatic heterocycles. The van der Waals surface area contributed by atoms with Crippen LogP contribution in [0.25, 0.3) is 0 Å². The number of amides is 2. The van der Waals surface area contributed by atoms with Crippen molar-refractivity contribution in [2.24, 2.45) is 0 Å². The van der Waals surface area contributed by atoms with Crippen molar-refractivity contribution in [3.05, 3.63) is 24.0 Å². The van der Waals surface area contributed by atoms with Crippen molar-refractivity contribution >= 4 is 23.4 Å². The molecule has 2 amide bonds. The monoisotopic (exact) mass is 308 g/mol. The van der Waals surface area contributed by atoms with Crippen LogP contribution in [-0.2, 0) is 9.53 Å². The van der Waals surface area contributed by atoms with E-state index in [1.165, 1.54) is 25.1 Å². The number of rotatable bonds is 3. The molecule has 0 aromatic heterocycles. The molecule has 0 atom stereocenters. The second-order valence-corrected chi connectivity index (χ2v) is 6.41. The Morgan fingerprint density at radius 3 is 2.45 bits per heavy atom. The first-order valence-electron chi connectivity index (χ1n) is 7.27. The smallest absolute Gasteiger partial charge is 0.412 e. The number of benzene rings is 1. The quantitative estimate of drug-likeness (QED) is 0.926. The van der Waals surface area contributed by atoms with Crippen LogP contribution in [0.1, 0.15) is 40.5 Å². The van der Waals surface area contributed by atoms with Gasteiger partial charge in [0.05, 0.1) is 11.4 Å². The number of halogens is 1. The van der Waals surface area contributed by atoms with Gasteiger partial charge >= 0.3 is 6.09 Å². The van der Waals surface area contributed by atoms with Crippen molar-refractivity contribution in [2.45, 2.75) is 52.2 Å². The fourth-order valence-corrected chi connectivity index (χ4v) is 2.19. The molecule has 1 aromatic rings. The molecule has 22 heavy (non-hydrogen) atoms. The van der Waals surface area contributed by atoms with Gasteiger partial charge in [0.25, 0.3) is 0 Å². The normalized spacial score (nSPS) is 14.4. The van der Waals surface area contributed by atoms with Crippen molar-refractivity contribution in [1.82, 2.24) is 0 Å². The summed E-state index contributed by atoms with van der Waals surface area (Å²) in [4.78, 5) is 25.4. The van der Waals surface area contributed by atoms with Crippen molar-refractivity contribution in [2.75, 3.05) is 10.2 Å². The molecule has 0 radical (unpaired) electrons. The molecular weight excluding hydrogens is 287 g/mol. The number of ether oxygens (including phenoxy) is 1. The summed E-state index contributed by atoms with van der Waals surface area (Å²) in [6, 6.07) is 4.08. The second kappa shape index (κ2) is 5.94. The molecular formula is C16H21FN2O3. The maximum atomic E-state index is 13.5. The van der Waals surface area contributed by atoms with Crippen molar-refractivity contribution < 1.29 is 18.7 Å². The second-order valence-electron chi connectivity index (χ2n) is 6.41. The molecule has 0 spiro atoms. The topological polar surface area (TPSA) is 58.6 Å². The molecule has 1 aliphatic carbocycles. The summed E-state index contributed by atoms with van der Waals surface area (Å²) in [5.74, 6) is -0.629. The van der Waals surface area contributed by atoms with E-state index in [1.807, 2.05) is 0 Å². The van der Waals surface area contributed by atoms with Crippen molar-refractivity contribution in [3.63, 3.8) is 0 Å². The van der Waals surface area contributed by atoms with E-state index in [9.17, 15) is 14.0 Å². The van der Waals surface area contributed by atoms with Crippen molar-refractivity contribution in [3.8, 4) is 0 Å². The molecule has 1 aliphatic rings. The first-order valence-corrected chi connectivity index (χ1v) is 7.27. The van der Waals surface area contributed by atoms with Gasteiger partial charge in [-0.15, -0.1) is 0 Å². The highest BCUT2D eigenvalue weighted by molar-refractivity contribution is 5.99. The summed E-state index contributed by atoms with van der Waals surface area (Å²) in [7, 11) is 0. The number of carbonyl (C=O) groups excluding carboxylic acids is 2. The third-order valence-corrected chi connectivity index (χ3v) is 3.11. The van der Waals surface area contributed by atoms with Gasteiger partial charge < -0.3 is 9.64 Å². The Balaban J connectivity index is 2.28. The number of hydrogen-bond donors (Lipinski definition) is 1. The lowest BCUT2D eigenvalue weighted by molar-refractivity contribution is -0.116. The fourth-order valence-electron chi connectivity index (χ4n) is 2.19. The molecule has 1 fully saturated rings. The number of carbonyl (C=O) groups is 2. The maximum Gasteiger partial charge on any atom is 0.412 e. The van der Waals surface area contributed by atoms with Crippen LogP contribution in [0.5, 0.6) is 0 Å². The van der Waals surface area contributed by atoms with Gasteiger partial charge in [-0.05, 0) is 51.8 Å². The van der Waals surface area contributed by atoms with Crippen LogP contribution in [0.15, 0.2) is 18.2 Å². The Morgan fingerprint density at radius 2 is 1.95 bits per heavy atom. The summed E-state index contributed by atoms with van der Waals surface area (Å²) >= 11 is 0. The predicted molar refractivity (Wildman–Crippen MR) is 82.4 cm³/mol. The largest absolute Gasteiger partial charge is 0.444 e. The first kappa shape index (κ1) is 16.3. The minimum atomic E-state index is -0.682. The third kappa shape index (κ3) is 4.19. The van der Waals surface area contributed by atoms with Crippen LogP contribution in [0.4, 0.5) is 20.6 Å². The molecule has 1 saturated carbocycles. The summed E-state index contributed by atoms with van der Waals surface area (Å²) < 4.78 is 18.7. The molecule has 5 nitrogen and oxygen atoms in total. The fraction of sp³-hybridized carbons (Fsp3) is 0.500. The van der Waals surface area contributed by atoms with Gasteiger partial charge in [0.15, 0.2) is 0 Å².